The first-order valence-electron chi connectivity index (χ1n) is 8.91. The van der Waals surface area contributed by atoms with Gasteiger partial charge in [0, 0.05) is 37.9 Å². The fourth-order valence-corrected chi connectivity index (χ4v) is 2.32. The molecule has 0 spiro atoms. The third-order valence-corrected chi connectivity index (χ3v) is 3.68. The first-order chi connectivity index (χ1) is 14.1. The van der Waals surface area contributed by atoms with Crippen molar-refractivity contribution in [1.29, 1.82) is 0 Å². The van der Waals surface area contributed by atoms with Crippen LogP contribution in [0, 0.1) is 0 Å². The summed E-state index contributed by atoms with van der Waals surface area (Å²) in [6, 6.07) is 8.02. The van der Waals surface area contributed by atoms with E-state index in [0.29, 0.717) is 18.6 Å². The summed E-state index contributed by atoms with van der Waals surface area (Å²) in [6.45, 7) is 3.19. The number of nitrogens with zero attached hydrogens (tertiary/aromatic N) is 4. The van der Waals surface area contributed by atoms with E-state index in [1.165, 1.54) is 12.4 Å². The molecule has 2 heterocycles. The SMILES string of the molecule is CCNC=O.CNc1cccc(Cn2cc(NC(=O)c3nccnc3N)cn2)c1. The van der Waals surface area contributed by atoms with Crippen LogP contribution in [-0.4, -0.2) is 45.7 Å². The van der Waals surface area contributed by atoms with Crippen molar-refractivity contribution in [1.82, 2.24) is 25.1 Å². The molecule has 0 saturated heterocycles. The molecule has 0 aliphatic carbocycles. The van der Waals surface area contributed by atoms with E-state index in [0.717, 1.165) is 17.8 Å². The molecule has 0 saturated carbocycles. The highest BCUT2D eigenvalue weighted by molar-refractivity contribution is 6.05. The largest absolute Gasteiger partial charge is 0.388 e. The summed E-state index contributed by atoms with van der Waals surface area (Å²) in [6.07, 6.45) is 6.86. The van der Waals surface area contributed by atoms with Crippen LogP contribution in [0.3, 0.4) is 0 Å². The fourth-order valence-electron chi connectivity index (χ4n) is 2.32. The topological polar surface area (TPSA) is 140 Å². The number of carbonyl (C=O) groups is 2. The van der Waals surface area contributed by atoms with Crippen LogP contribution in [0.5, 0.6) is 0 Å². The second-order valence-corrected chi connectivity index (χ2v) is 5.80. The molecular formula is C19H24N8O2. The van der Waals surface area contributed by atoms with Gasteiger partial charge < -0.3 is 21.7 Å². The number of hydrogen-bond acceptors (Lipinski definition) is 7. The van der Waals surface area contributed by atoms with E-state index >= 15 is 0 Å². The summed E-state index contributed by atoms with van der Waals surface area (Å²) in [5.41, 5.74) is 8.43. The zero-order valence-corrected chi connectivity index (χ0v) is 16.3. The van der Waals surface area contributed by atoms with Gasteiger partial charge in [0.1, 0.15) is 0 Å². The van der Waals surface area contributed by atoms with E-state index in [1.807, 2.05) is 38.2 Å². The molecule has 0 unspecified atom stereocenters. The highest BCUT2D eigenvalue weighted by atomic mass is 16.2. The van der Waals surface area contributed by atoms with Crippen LogP contribution in [0.1, 0.15) is 23.0 Å². The van der Waals surface area contributed by atoms with Gasteiger partial charge in [0.05, 0.1) is 18.4 Å². The Kier molecular flexibility index (Phi) is 8.11. The van der Waals surface area contributed by atoms with E-state index < -0.39 is 5.91 Å². The van der Waals surface area contributed by atoms with Crippen molar-refractivity contribution in [2.45, 2.75) is 13.5 Å². The highest BCUT2D eigenvalue weighted by Crippen LogP contribution is 2.13. The van der Waals surface area contributed by atoms with Crippen LogP contribution < -0.4 is 21.7 Å². The molecule has 0 radical (unpaired) electrons. The minimum Gasteiger partial charge on any atom is -0.388 e. The molecule has 0 atom stereocenters. The molecule has 0 fully saturated rings. The molecule has 2 amide bonds. The smallest absolute Gasteiger partial charge is 0.278 e. The molecule has 3 aromatic rings. The van der Waals surface area contributed by atoms with Crippen LogP contribution in [0.4, 0.5) is 17.2 Å². The number of nitrogens with one attached hydrogen (secondary N) is 3. The summed E-state index contributed by atoms with van der Waals surface area (Å²) in [4.78, 5) is 29.2. The van der Waals surface area contributed by atoms with Gasteiger partial charge in [-0.15, -0.1) is 0 Å². The van der Waals surface area contributed by atoms with Gasteiger partial charge in [-0.25, -0.2) is 9.97 Å². The quantitative estimate of drug-likeness (QED) is 0.442. The standard InChI is InChI=1S/C16H17N7O.C3H7NO/c1-18-12-4-2-3-11(7-12)9-23-10-13(8-21-23)22-16(24)14-15(17)20-6-5-19-14;1-2-4-3-5/h2-8,10,18H,9H2,1H3,(H2,17,20)(H,22,24);3H,2H2,1H3,(H,4,5). The minimum absolute atomic E-state index is 0.0891. The van der Waals surface area contributed by atoms with Crippen molar-refractivity contribution in [3.8, 4) is 0 Å². The second kappa shape index (κ2) is 11.0. The van der Waals surface area contributed by atoms with Gasteiger partial charge >= 0.3 is 0 Å². The fraction of sp³-hybridized carbons (Fsp3) is 0.211. The number of nitrogens with two attached hydrogens (primary N) is 1. The number of nitrogen functional groups attached to an aromatic ring is 1. The molecule has 0 bridgehead atoms. The summed E-state index contributed by atoms with van der Waals surface area (Å²) in [7, 11) is 1.87. The van der Waals surface area contributed by atoms with Crippen molar-refractivity contribution in [3.63, 3.8) is 0 Å². The predicted molar refractivity (Wildman–Crippen MR) is 111 cm³/mol. The summed E-state index contributed by atoms with van der Waals surface area (Å²) < 4.78 is 1.74. The van der Waals surface area contributed by atoms with Crippen LogP contribution in [0.2, 0.25) is 0 Å². The molecule has 10 heteroatoms. The molecule has 0 aliphatic rings. The summed E-state index contributed by atoms with van der Waals surface area (Å²) >= 11 is 0. The number of rotatable bonds is 7. The highest BCUT2D eigenvalue weighted by Gasteiger charge is 2.13. The Balaban J connectivity index is 0.000000537. The van der Waals surface area contributed by atoms with Gasteiger partial charge in [0.15, 0.2) is 11.5 Å². The number of amides is 2. The average Bonchev–Trinajstić information content (AvgIpc) is 3.16. The Bertz CT molecular complexity index is 941. The Labute approximate surface area is 168 Å². The molecule has 0 aliphatic heterocycles. The molecule has 152 valence electrons. The minimum atomic E-state index is -0.419. The van der Waals surface area contributed by atoms with Gasteiger partial charge in [-0.2, -0.15) is 5.10 Å². The van der Waals surface area contributed by atoms with E-state index in [1.54, 1.807) is 17.1 Å². The molecule has 29 heavy (non-hydrogen) atoms. The molecule has 3 rings (SSSR count). The van der Waals surface area contributed by atoms with E-state index in [9.17, 15) is 9.59 Å². The molecule has 1 aromatic carbocycles. The Hall–Kier alpha value is -3.95. The molecular weight excluding hydrogens is 372 g/mol. The molecule has 5 N–H and O–H groups in total. The molecule has 2 aromatic heterocycles. The predicted octanol–water partition coefficient (Wildman–Crippen LogP) is 1.35. The summed E-state index contributed by atoms with van der Waals surface area (Å²) in [5.74, 6) is -0.330. The lowest BCUT2D eigenvalue weighted by Crippen LogP contribution is -2.16. The maximum Gasteiger partial charge on any atom is 0.278 e. The lowest BCUT2D eigenvalue weighted by Gasteiger charge is -2.05. The number of benzene rings is 1. The monoisotopic (exact) mass is 396 g/mol. The normalized spacial score (nSPS) is 9.72. The number of hydrogen-bond donors (Lipinski definition) is 4. The zero-order chi connectivity index (χ0) is 21.1. The Morgan fingerprint density at radius 1 is 1.24 bits per heavy atom. The van der Waals surface area contributed by atoms with Crippen LogP contribution in [-0.2, 0) is 11.3 Å². The third-order valence-electron chi connectivity index (χ3n) is 3.68. The van der Waals surface area contributed by atoms with Gasteiger partial charge in [-0.05, 0) is 24.6 Å². The lowest BCUT2D eigenvalue weighted by atomic mass is 10.2. The first kappa shape index (κ1) is 21.4. The van der Waals surface area contributed by atoms with Crippen LogP contribution in [0.25, 0.3) is 0 Å². The Morgan fingerprint density at radius 2 is 2.03 bits per heavy atom. The van der Waals surface area contributed by atoms with E-state index in [4.69, 9.17) is 5.73 Å². The van der Waals surface area contributed by atoms with Crippen molar-refractivity contribution in [2.75, 3.05) is 30.0 Å². The van der Waals surface area contributed by atoms with Gasteiger partial charge in [0.25, 0.3) is 5.91 Å². The van der Waals surface area contributed by atoms with Crippen LogP contribution >= 0.6 is 0 Å². The zero-order valence-electron chi connectivity index (χ0n) is 16.3. The maximum atomic E-state index is 12.1. The van der Waals surface area contributed by atoms with Gasteiger partial charge in [-0.1, -0.05) is 12.1 Å². The average molecular weight is 396 g/mol. The number of anilines is 3. The molecule has 10 nitrogen and oxygen atoms in total. The lowest BCUT2D eigenvalue weighted by molar-refractivity contribution is -0.109. The van der Waals surface area contributed by atoms with Crippen molar-refractivity contribution in [2.24, 2.45) is 0 Å². The van der Waals surface area contributed by atoms with Crippen molar-refractivity contribution >= 4 is 29.5 Å². The first-order valence-corrected chi connectivity index (χ1v) is 8.91. The Morgan fingerprint density at radius 3 is 2.69 bits per heavy atom. The number of carbonyl (C=O) groups excluding carboxylic acids is 2. The van der Waals surface area contributed by atoms with Gasteiger partial charge in [-0.3, -0.25) is 14.3 Å². The van der Waals surface area contributed by atoms with E-state index in [-0.39, 0.29) is 11.5 Å². The van der Waals surface area contributed by atoms with Crippen molar-refractivity contribution < 1.29 is 9.59 Å². The number of aromatic nitrogens is 4. The third kappa shape index (κ3) is 6.61. The van der Waals surface area contributed by atoms with Crippen LogP contribution in [0.15, 0.2) is 49.1 Å². The second-order valence-electron chi connectivity index (χ2n) is 5.80. The maximum absolute atomic E-state index is 12.1. The van der Waals surface area contributed by atoms with E-state index in [2.05, 4.69) is 31.0 Å². The van der Waals surface area contributed by atoms with Gasteiger partial charge in [0.2, 0.25) is 6.41 Å². The van der Waals surface area contributed by atoms with Crippen molar-refractivity contribution in [3.05, 3.63) is 60.3 Å². The summed E-state index contributed by atoms with van der Waals surface area (Å²) in [5, 5.41) is 12.5.